The average molecular weight is 483 g/mol. The number of carbonyl (C=O) groups is 1. The molecule has 1 fully saturated rings. The number of rotatable bonds is 9. The van der Waals surface area contributed by atoms with E-state index < -0.39 is 5.91 Å². The van der Waals surface area contributed by atoms with Gasteiger partial charge in [-0.3, -0.25) is 9.69 Å². The van der Waals surface area contributed by atoms with Gasteiger partial charge in [-0.2, -0.15) is 15.0 Å². The molecule has 2 atom stereocenters. The third-order valence-corrected chi connectivity index (χ3v) is 6.54. The molecule has 9 heteroatoms. The minimum atomic E-state index is -0.474. The second-order valence-electron chi connectivity index (χ2n) is 11.3. The van der Waals surface area contributed by atoms with Crippen molar-refractivity contribution in [3.63, 3.8) is 0 Å². The summed E-state index contributed by atoms with van der Waals surface area (Å²) in [7, 11) is 1.99. The Bertz CT molecular complexity index is 1030. The molecule has 1 saturated heterocycles. The second-order valence-corrected chi connectivity index (χ2v) is 11.3. The summed E-state index contributed by atoms with van der Waals surface area (Å²) in [6.07, 6.45) is 1.04. The molecule has 1 unspecified atom stereocenters. The van der Waals surface area contributed by atoms with Crippen molar-refractivity contribution in [2.75, 3.05) is 42.2 Å². The predicted octanol–water partition coefficient (Wildman–Crippen LogP) is 4.04. The Balaban J connectivity index is 1.88. The van der Waals surface area contributed by atoms with Gasteiger partial charge >= 0.3 is 0 Å². The number of primary amides is 1. The number of carbonyl (C=O) groups excluding carboxylic acids is 1. The molecule has 35 heavy (non-hydrogen) atoms. The van der Waals surface area contributed by atoms with Crippen LogP contribution in [0, 0.1) is 18.3 Å². The molecule has 192 valence electrons. The highest BCUT2D eigenvalue weighted by atomic mass is 16.1. The highest BCUT2D eigenvalue weighted by Gasteiger charge is 2.28. The van der Waals surface area contributed by atoms with Crippen LogP contribution in [0.5, 0.6) is 0 Å². The summed E-state index contributed by atoms with van der Waals surface area (Å²) in [5.74, 6) is 1.70. The van der Waals surface area contributed by atoms with Gasteiger partial charge in [0.1, 0.15) is 0 Å². The first-order valence-electron chi connectivity index (χ1n) is 12.5. The van der Waals surface area contributed by atoms with Crippen molar-refractivity contribution in [3.8, 4) is 0 Å². The second kappa shape index (κ2) is 10.8. The first-order chi connectivity index (χ1) is 16.3. The fourth-order valence-corrected chi connectivity index (χ4v) is 4.35. The van der Waals surface area contributed by atoms with Crippen LogP contribution in [0.25, 0.3) is 0 Å². The van der Waals surface area contributed by atoms with Crippen molar-refractivity contribution in [2.45, 2.75) is 67.0 Å². The molecule has 9 nitrogen and oxygen atoms in total. The number of likely N-dealkylation sites (tertiary alicyclic amines) is 1. The molecule has 1 amide bonds. The van der Waals surface area contributed by atoms with Gasteiger partial charge in [0.15, 0.2) is 0 Å². The van der Waals surface area contributed by atoms with Crippen molar-refractivity contribution >= 4 is 29.4 Å². The summed E-state index contributed by atoms with van der Waals surface area (Å²) in [5.41, 5.74) is 7.69. The van der Waals surface area contributed by atoms with Gasteiger partial charge in [0, 0.05) is 50.0 Å². The molecular formula is C26H42N8O. The van der Waals surface area contributed by atoms with Crippen LogP contribution < -0.4 is 21.3 Å². The molecule has 0 aliphatic carbocycles. The van der Waals surface area contributed by atoms with E-state index in [1.165, 1.54) is 0 Å². The molecule has 1 aliphatic heterocycles. The molecule has 1 aromatic carbocycles. The maximum absolute atomic E-state index is 11.7. The number of anilines is 4. The fourth-order valence-electron chi connectivity index (χ4n) is 4.35. The molecule has 0 radical (unpaired) electrons. The van der Waals surface area contributed by atoms with Gasteiger partial charge in [-0.05, 0) is 49.3 Å². The summed E-state index contributed by atoms with van der Waals surface area (Å²) < 4.78 is 0. The zero-order valence-corrected chi connectivity index (χ0v) is 22.5. The quantitative estimate of drug-likeness (QED) is 0.491. The SMILES string of the molecule is Cc1ccc(C(N)=O)cc1Nc1nc(N[C@H]2CCN(C(C)C(C)C)C2)nc(N(C)CC(C)(C)C)n1. The van der Waals surface area contributed by atoms with E-state index in [-0.39, 0.29) is 11.5 Å². The first-order valence-corrected chi connectivity index (χ1v) is 12.5. The van der Waals surface area contributed by atoms with Gasteiger partial charge in [-0.25, -0.2) is 0 Å². The van der Waals surface area contributed by atoms with Crippen molar-refractivity contribution in [1.29, 1.82) is 0 Å². The number of nitrogens with zero attached hydrogens (tertiary/aromatic N) is 5. The van der Waals surface area contributed by atoms with Gasteiger partial charge in [0.25, 0.3) is 0 Å². The summed E-state index contributed by atoms with van der Waals surface area (Å²) in [6, 6.07) is 6.11. The number of nitrogens with one attached hydrogen (secondary N) is 2. The first kappa shape index (κ1) is 26.7. The van der Waals surface area contributed by atoms with Crippen LogP contribution in [0.4, 0.5) is 23.5 Å². The van der Waals surface area contributed by atoms with Crippen LogP contribution in [-0.2, 0) is 0 Å². The highest BCUT2D eigenvalue weighted by molar-refractivity contribution is 5.94. The van der Waals surface area contributed by atoms with Crippen LogP contribution in [0.1, 0.15) is 63.9 Å². The number of nitrogens with two attached hydrogens (primary N) is 1. The van der Waals surface area contributed by atoms with Crippen molar-refractivity contribution < 1.29 is 4.79 Å². The maximum atomic E-state index is 11.7. The zero-order chi connectivity index (χ0) is 25.9. The van der Waals surface area contributed by atoms with Gasteiger partial charge in [-0.1, -0.05) is 40.7 Å². The third kappa shape index (κ3) is 7.27. The lowest BCUT2D eigenvalue weighted by atomic mass is 9.96. The van der Waals surface area contributed by atoms with E-state index in [1.54, 1.807) is 12.1 Å². The Kier molecular flexibility index (Phi) is 8.20. The highest BCUT2D eigenvalue weighted by Crippen LogP contribution is 2.25. The number of amides is 1. The molecule has 4 N–H and O–H groups in total. The molecule has 1 aromatic heterocycles. The molecular weight excluding hydrogens is 440 g/mol. The Morgan fingerprint density at radius 3 is 2.51 bits per heavy atom. The summed E-state index contributed by atoms with van der Waals surface area (Å²) >= 11 is 0. The Hall–Kier alpha value is -2.94. The number of hydrogen-bond acceptors (Lipinski definition) is 8. The smallest absolute Gasteiger partial charge is 0.248 e. The normalized spacial score (nSPS) is 17.5. The van der Waals surface area contributed by atoms with E-state index in [2.05, 4.69) is 62.1 Å². The Morgan fingerprint density at radius 2 is 1.89 bits per heavy atom. The van der Waals surface area contributed by atoms with Gasteiger partial charge < -0.3 is 21.3 Å². The third-order valence-electron chi connectivity index (χ3n) is 6.54. The van der Waals surface area contributed by atoms with Crippen molar-refractivity contribution in [2.24, 2.45) is 17.1 Å². The lowest BCUT2D eigenvalue weighted by Gasteiger charge is -2.28. The molecule has 0 saturated carbocycles. The van der Waals surface area contributed by atoms with E-state index in [4.69, 9.17) is 15.7 Å². The van der Waals surface area contributed by atoms with Crippen LogP contribution >= 0.6 is 0 Å². The lowest BCUT2D eigenvalue weighted by molar-refractivity contribution is 0.100. The number of hydrogen-bond donors (Lipinski definition) is 3. The molecule has 2 aromatic rings. The van der Waals surface area contributed by atoms with E-state index in [9.17, 15) is 4.79 Å². The van der Waals surface area contributed by atoms with E-state index in [0.29, 0.717) is 35.4 Å². The maximum Gasteiger partial charge on any atom is 0.248 e. The van der Waals surface area contributed by atoms with Crippen molar-refractivity contribution in [3.05, 3.63) is 29.3 Å². The van der Waals surface area contributed by atoms with E-state index in [1.807, 2.05) is 24.9 Å². The molecule has 3 rings (SSSR count). The van der Waals surface area contributed by atoms with Crippen LogP contribution in [0.2, 0.25) is 0 Å². The average Bonchev–Trinajstić information content (AvgIpc) is 3.21. The molecule has 2 heterocycles. The molecule has 0 bridgehead atoms. The van der Waals surface area contributed by atoms with E-state index >= 15 is 0 Å². The zero-order valence-electron chi connectivity index (χ0n) is 22.5. The topological polar surface area (TPSA) is 112 Å². The van der Waals surface area contributed by atoms with E-state index in [0.717, 1.165) is 37.3 Å². The lowest BCUT2D eigenvalue weighted by Crippen LogP contribution is -2.36. The van der Waals surface area contributed by atoms with Gasteiger partial charge in [0.05, 0.1) is 0 Å². The number of benzene rings is 1. The van der Waals surface area contributed by atoms with Crippen LogP contribution in [0.15, 0.2) is 18.2 Å². The Morgan fingerprint density at radius 1 is 1.20 bits per heavy atom. The minimum absolute atomic E-state index is 0.0773. The van der Waals surface area contributed by atoms with Crippen LogP contribution in [0.3, 0.4) is 0 Å². The standard InChI is InChI=1S/C26H42N8O/c1-16(2)18(4)34-12-11-20(14-34)28-23-30-24(32-25(31-23)33(8)15-26(5,6)7)29-21-13-19(22(27)35)10-9-17(21)3/h9-10,13,16,18,20H,11-12,14-15H2,1-8H3,(H2,27,35)(H2,28,29,30,31,32)/t18?,20-/m0/s1. The Labute approximate surface area is 209 Å². The minimum Gasteiger partial charge on any atom is -0.366 e. The summed E-state index contributed by atoms with van der Waals surface area (Å²) in [6.45, 7) is 18.1. The predicted molar refractivity (Wildman–Crippen MR) is 143 cm³/mol. The molecule has 0 spiro atoms. The molecule has 1 aliphatic rings. The van der Waals surface area contributed by atoms with Crippen LogP contribution in [-0.4, -0.2) is 64.5 Å². The monoisotopic (exact) mass is 482 g/mol. The van der Waals surface area contributed by atoms with Gasteiger partial charge in [-0.15, -0.1) is 0 Å². The number of aryl methyl sites for hydroxylation is 1. The van der Waals surface area contributed by atoms with Crippen molar-refractivity contribution in [1.82, 2.24) is 19.9 Å². The van der Waals surface area contributed by atoms with Gasteiger partial charge in [0.2, 0.25) is 23.8 Å². The largest absolute Gasteiger partial charge is 0.366 e. The summed E-state index contributed by atoms with van der Waals surface area (Å²) in [4.78, 5) is 30.4. The summed E-state index contributed by atoms with van der Waals surface area (Å²) in [5, 5.41) is 6.83. The number of aromatic nitrogens is 3. The fraction of sp³-hybridized carbons (Fsp3) is 0.615.